The molecule has 4 aromatic rings. The zero-order valence-corrected chi connectivity index (χ0v) is 18.5. The summed E-state index contributed by atoms with van der Waals surface area (Å²) in [5.74, 6) is 1.13. The van der Waals surface area contributed by atoms with Gasteiger partial charge in [0.25, 0.3) is 0 Å². The van der Waals surface area contributed by atoms with Gasteiger partial charge in [0.15, 0.2) is 0 Å². The number of anilines is 1. The number of hydrogen-bond donors (Lipinski definition) is 2. The van der Waals surface area contributed by atoms with Gasteiger partial charge in [-0.05, 0) is 72.1 Å². The number of aromatic amines is 1. The van der Waals surface area contributed by atoms with E-state index >= 15 is 0 Å². The summed E-state index contributed by atoms with van der Waals surface area (Å²) < 4.78 is 0. The van der Waals surface area contributed by atoms with Gasteiger partial charge < -0.3 is 5.73 Å². The Kier molecular flexibility index (Phi) is 5.55. The average Bonchev–Trinajstić information content (AvgIpc) is 3.38. The molecule has 0 saturated carbocycles. The molecule has 1 aliphatic rings. The number of hydrogen-bond acceptors (Lipinski definition) is 4. The van der Waals surface area contributed by atoms with Crippen LogP contribution >= 0.6 is 23.2 Å². The molecule has 31 heavy (non-hydrogen) atoms. The van der Waals surface area contributed by atoms with E-state index < -0.39 is 0 Å². The lowest BCUT2D eigenvalue weighted by atomic mass is 9.85. The number of nitrogens with zero attached hydrogens (tertiary/aromatic N) is 3. The molecule has 2 heterocycles. The molecule has 1 unspecified atom stereocenters. The number of fused-ring (bicyclic) bond motifs is 2. The van der Waals surface area contributed by atoms with E-state index in [0.29, 0.717) is 17.4 Å². The predicted molar refractivity (Wildman–Crippen MR) is 126 cm³/mol. The van der Waals surface area contributed by atoms with Crippen molar-refractivity contribution in [2.75, 3.05) is 5.73 Å². The highest BCUT2D eigenvalue weighted by molar-refractivity contribution is 6.35. The third kappa shape index (κ3) is 4.00. The second kappa shape index (κ2) is 8.48. The quantitative estimate of drug-likeness (QED) is 0.361. The van der Waals surface area contributed by atoms with Crippen molar-refractivity contribution in [3.8, 4) is 0 Å². The SMILES string of the molecule is Nc1cc(C(CCC[C@@H]2CCc3c(Cl)cc(Cl)cc32)c2ccccc2)c2n[nH]nc2n1. The number of nitrogens with one attached hydrogen (secondary N) is 1. The van der Waals surface area contributed by atoms with Crippen LogP contribution in [-0.2, 0) is 6.42 Å². The molecule has 0 amide bonds. The van der Waals surface area contributed by atoms with E-state index in [1.54, 1.807) is 0 Å². The second-order valence-corrected chi connectivity index (χ2v) is 9.06. The van der Waals surface area contributed by atoms with Crippen LogP contribution < -0.4 is 5.73 Å². The van der Waals surface area contributed by atoms with Crippen LogP contribution in [0.5, 0.6) is 0 Å². The standard InChI is InChI=1S/C24H23Cl2N5/c25-16-11-19-15(9-10-18(19)21(26)12-16)7-4-8-17(14-5-2-1-3-6-14)20-13-22(27)28-24-23(20)29-31-30-24/h1-3,5-6,11-13,15,17H,4,7-10H2,(H3,27,28,29,30,31)/t15-,17?/m1/s1. The Labute approximate surface area is 191 Å². The summed E-state index contributed by atoms with van der Waals surface area (Å²) in [4.78, 5) is 4.31. The third-order valence-electron chi connectivity index (χ3n) is 6.34. The first-order chi connectivity index (χ1) is 15.1. The fourth-order valence-electron chi connectivity index (χ4n) is 4.93. The largest absolute Gasteiger partial charge is 0.384 e. The lowest BCUT2D eigenvalue weighted by Crippen LogP contribution is -2.06. The molecule has 0 bridgehead atoms. The third-order valence-corrected chi connectivity index (χ3v) is 6.90. The van der Waals surface area contributed by atoms with Crippen LogP contribution in [0.3, 0.4) is 0 Å². The van der Waals surface area contributed by atoms with Gasteiger partial charge in [0.05, 0.1) is 0 Å². The molecule has 0 saturated heterocycles. The molecular weight excluding hydrogens is 429 g/mol. The van der Waals surface area contributed by atoms with Crippen LogP contribution in [0.4, 0.5) is 5.82 Å². The molecule has 0 aliphatic heterocycles. The van der Waals surface area contributed by atoms with Gasteiger partial charge in [-0.2, -0.15) is 10.3 Å². The topological polar surface area (TPSA) is 80.5 Å². The van der Waals surface area contributed by atoms with Gasteiger partial charge in [0, 0.05) is 16.0 Å². The van der Waals surface area contributed by atoms with Crippen molar-refractivity contribution in [3.05, 3.63) is 80.8 Å². The fourth-order valence-corrected chi connectivity index (χ4v) is 5.53. The molecule has 0 fully saturated rings. The highest BCUT2D eigenvalue weighted by atomic mass is 35.5. The molecule has 5 rings (SSSR count). The smallest absolute Gasteiger partial charge is 0.203 e. The van der Waals surface area contributed by atoms with Crippen LogP contribution in [0.2, 0.25) is 10.0 Å². The van der Waals surface area contributed by atoms with Crippen LogP contribution in [0.1, 0.15) is 59.8 Å². The number of rotatable bonds is 6. The van der Waals surface area contributed by atoms with Crippen molar-refractivity contribution in [3.63, 3.8) is 0 Å². The molecule has 7 heteroatoms. The van der Waals surface area contributed by atoms with E-state index in [-0.39, 0.29) is 5.92 Å². The summed E-state index contributed by atoms with van der Waals surface area (Å²) in [5, 5.41) is 12.7. The molecule has 0 radical (unpaired) electrons. The molecule has 158 valence electrons. The summed E-state index contributed by atoms with van der Waals surface area (Å²) in [6.45, 7) is 0. The number of H-pyrrole nitrogens is 1. The molecule has 2 atom stereocenters. The molecule has 2 aromatic heterocycles. The highest BCUT2D eigenvalue weighted by Crippen LogP contribution is 2.42. The molecule has 3 N–H and O–H groups in total. The van der Waals surface area contributed by atoms with Gasteiger partial charge >= 0.3 is 0 Å². The van der Waals surface area contributed by atoms with Gasteiger partial charge in [-0.25, -0.2) is 4.98 Å². The van der Waals surface area contributed by atoms with Crippen molar-refractivity contribution >= 4 is 40.2 Å². The summed E-state index contributed by atoms with van der Waals surface area (Å²) in [5.41, 5.74) is 12.3. The molecule has 0 spiro atoms. The van der Waals surface area contributed by atoms with Crippen LogP contribution in [0.15, 0.2) is 48.5 Å². The van der Waals surface area contributed by atoms with E-state index in [2.05, 4.69) is 50.7 Å². The number of halogens is 2. The van der Waals surface area contributed by atoms with Crippen molar-refractivity contribution in [2.45, 2.75) is 43.9 Å². The second-order valence-electron chi connectivity index (χ2n) is 8.22. The lowest BCUT2D eigenvalue weighted by molar-refractivity contribution is 0.547. The number of nitrogen functional groups attached to an aromatic ring is 1. The molecule has 2 aromatic carbocycles. The van der Waals surface area contributed by atoms with Crippen molar-refractivity contribution in [1.29, 1.82) is 0 Å². The van der Waals surface area contributed by atoms with Crippen LogP contribution in [0, 0.1) is 0 Å². The van der Waals surface area contributed by atoms with E-state index in [0.717, 1.165) is 53.2 Å². The Hall–Kier alpha value is -2.63. The Morgan fingerprint density at radius 3 is 2.77 bits per heavy atom. The number of pyridine rings is 1. The van der Waals surface area contributed by atoms with Gasteiger partial charge in [-0.1, -0.05) is 60.0 Å². The Bertz CT molecular complexity index is 1220. The highest BCUT2D eigenvalue weighted by Gasteiger charge is 2.26. The maximum Gasteiger partial charge on any atom is 0.203 e. The number of aromatic nitrogens is 4. The lowest BCUT2D eigenvalue weighted by Gasteiger charge is -2.20. The Morgan fingerprint density at radius 1 is 1.10 bits per heavy atom. The molecule has 5 nitrogen and oxygen atoms in total. The van der Waals surface area contributed by atoms with E-state index in [9.17, 15) is 0 Å². The van der Waals surface area contributed by atoms with Crippen molar-refractivity contribution in [1.82, 2.24) is 20.4 Å². The Balaban J connectivity index is 1.41. The molecule has 1 aliphatic carbocycles. The first-order valence-electron chi connectivity index (χ1n) is 10.6. The zero-order valence-electron chi connectivity index (χ0n) is 17.0. The molecular formula is C24H23Cl2N5. The monoisotopic (exact) mass is 451 g/mol. The van der Waals surface area contributed by atoms with E-state index in [1.807, 2.05) is 18.2 Å². The predicted octanol–water partition coefficient (Wildman–Crippen LogP) is 6.27. The van der Waals surface area contributed by atoms with Gasteiger partial charge in [0.1, 0.15) is 11.3 Å². The summed E-state index contributed by atoms with van der Waals surface area (Å²) in [6.07, 6.45) is 5.29. The van der Waals surface area contributed by atoms with Crippen molar-refractivity contribution in [2.24, 2.45) is 0 Å². The normalized spacial score (nSPS) is 16.5. The minimum atomic E-state index is 0.169. The fraction of sp³-hybridized carbons (Fsp3) is 0.292. The first kappa shape index (κ1) is 20.3. The Morgan fingerprint density at radius 2 is 1.94 bits per heavy atom. The van der Waals surface area contributed by atoms with Gasteiger partial charge in [0.2, 0.25) is 5.65 Å². The van der Waals surface area contributed by atoms with E-state index in [4.69, 9.17) is 28.9 Å². The minimum absolute atomic E-state index is 0.169. The maximum atomic E-state index is 6.43. The first-order valence-corrected chi connectivity index (χ1v) is 11.4. The summed E-state index contributed by atoms with van der Waals surface area (Å²) >= 11 is 12.7. The van der Waals surface area contributed by atoms with Gasteiger partial charge in [-0.3, -0.25) is 0 Å². The van der Waals surface area contributed by atoms with Gasteiger partial charge in [-0.15, -0.1) is 5.10 Å². The summed E-state index contributed by atoms with van der Waals surface area (Å²) in [7, 11) is 0. The van der Waals surface area contributed by atoms with Crippen LogP contribution in [-0.4, -0.2) is 20.4 Å². The van der Waals surface area contributed by atoms with E-state index in [1.165, 1.54) is 16.7 Å². The average molecular weight is 452 g/mol. The minimum Gasteiger partial charge on any atom is -0.384 e. The van der Waals surface area contributed by atoms with Crippen molar-refractivity contribution < 1.29 is 0 Å². The zero-order chi connectivity index (χ0) is 21.4. The summed E-state index contributed by atoms with van der Waals surface area (Å²) in [6, 6.07) is 16.4. The number of benzene rings is 2. The number of nitrogens with two attached hydrogens (primary N) is 1. The van der Waals surface area contributed by atoms with Crippen LogP contribution in [0.25, 0.3) is 11.2 Å². The maximum absolute atomic E-state index is 6.43.